The molecule has 0 fully saturated rings. The maximum Gasteiger partial charge on any atom is 0.336 e. The summed E-state index contributed by atoms with van der Waals surface area (Å²) in [6.45, 7) is 7.38. The van der Waals surface area contributed by atoms with E-state index in [2.05, 4.69) is 0 Å². The van der Waals surface area contributed by atoms with Crippen LogP contribution in [-0.4, -0.2) is 21.4 Å². The summed E-state index contributed by atoms with van der Waals surface area (Å²) in [7, 11) is 0. The molecule has 0 saturated carbocycles. The standard InChI is InChI=1S/C15H17NO3/c1-8(2)16-9(3)13(10(4)17)14-11(15(18)19)6-5-7-12(14)16/h5-8H,1-4H3,(H,18,19). The minimum atomic E-state index is -1.01. The molecule has 0 aliphatic heterocycles. The molecule has 0 bridgehead atoms. The highest BCUT2D eigenvalue weighted by Gasteiger charge is 2.23. The fourth-order valence-corrected chi connectivity index (χ4v) is 2.76. The van der Waals surface area contributed by atoms with Gasteiger partial charge in [0, 0.05) is 22.7 Å². The van der Waals surface area contributed by atoms with Crippen molar-refractivity contribution in [3.05, 3.63) is 35.0 Å². The zero-order valence-electron chi connectivity index (χ0n) is 11.5. The van der Waals surface area contributed by atoms with E-state index in [0.29, 0.717) is 10.9 Å². The van der Waals surface area contributed by atoms with Gasteiger partial charge in [0.15, 0.2) is 5.78 Å². The van der Waals surface area contributed by atoms with Crippen LogP contribution in [0.2, 0.25) is 0 Å². The summed E-state index contributed by atoms with van der Waals surface area (Å²) >= 11 is 0. The first-order chi connectivity index (χ1) is 8.86. The number of Topliss-reactive ketones (excluding diaryl/α,β-unsaturated/α-hetero) is 1. The molecule has 2 rings (SSSR count). The highest BCUT2D eigenvalue weighted by Crippen LogP contribution is 2.31. The van der Waals surface area contributed by atoms with Crippen molar-refractivity contribution in [3.63, 3.8) is 0 Å². The van der Waals surface area contributed by atoms with Gasteiger partial charge in [-0.25, -0.2) is 4.79 Å². The number of hydrogen-bond donors (Lipinski definition) is 1. The van der Waals surface area contributed by atoms with E-state index in [1.807, 2.05) is 31.4 Å². The number of nitrogens with zero attached hydrogens (tertiary/aromatic N) is 1. The van der Waals surface area contributed by atoms with Crippen LogP contribution >= 0.6 is 0 Å². The first-order valence-corrected chi connectivity index (χ1v) is 6.24. The van der Waals surface area contributed by atoms with Gasteiger partial charge >= 0.3 is 5.97 Å². The molecule has 2 aromatic rings. The van der Waals surface area contributed by atoms with Crippen LogP contribution in [0.25, 0.3) is 10.9 Å². The average molecular weight is 259 g/mol. The van der Waals surface area contributed by atoms with Crippen molar-refractivity contribution in [3.8, 4) is 0 Å². The summed E-state index contributed by atoms with van der Waals surface area (Å²) in [5.41, 5.74) is 2.33. The second-order valence-electron chi connectivity index (χ2n) is 4.99. The topological polar surface area (TPSA) is 59.3 Å². The predicted octanol–water partition coefficient (Wildman–Crippen LogP) is 3.43. The Morgan fingerprint density at radius 2 is 1.89 bits per heavy atom. The second-order valence-corrected chi connectivity index (χ2v) is 4.99. The number of aromatic carboxylic acids is 1. The molecule has 4 nitrogen and oxygen atoms in total. The van der Waals surface area contributed by atoms with Crippen molar-refractivity contribution in [2.75, 3.05) is 0 Å². The summed E-state index contributed by atoms with van der Waals surface area (Å²) < 4.78 is 2.01. The average Bonchev–Trinajstić information content (AvgIpc) is 2.59. The number of carbonyl (C=O) groups excluding carboxylic acids is 1. The van der Waals surface area contributed by atoms with Crippen LogP contribution in [0.1, 0.15) is 53.2 Å². The van der Waals surface area contributed by atoms with E-state index >= 15 is 0 Å². The molecule has 4 heteroatoms. The fraction of sp³-hybridized carbons (Fsp3) is 0.333. The monoisotopic (exact) mass is 259 g/mol. The van der Waals surface area contributed by atoms with Gasteiger partial charge in [-0.15, -0.1) is 0 Å². The molecule has 0 atom stereocenters. The molecule has 0 saturated heterocycles. The molecule has 1 aromatic heterocycles. The molecular formula is C15H17NO3. The highest BCUT2D eigenvalue weighted by molar-refractivity contribution is 6.15. The molecule has 100 valence electrons. The van der Waals surface area contributed by atoms with Crippen molar-refractivity contribution in [1.29, 1.82) is 0 Å². The number of carboxylic acid groups (broad SMARTS) is 1. The first-order valence-electron chi connectivity index (χ1n) is 6.24. The van der Waals surface area contributed by atoms with Gasteiger partial charge < -0.3 is 9.67 Å². The summed E-state index contributed by atoms with van der Waals surface area (Å²) in [4.78, 5) is 23.2. The van der Waals surface area contributed by atoms with Crippen molar-refractivity contribution < 1.29 is 14.7 Å². The Balaban J connectivity index is 3.03. The maximum absolute atomic E-state index is 11.9. The lowest BCUT2D eigenvalue weighted by Gasteiger charge is -2.12. The van der Waals surface area contributed by atoms with Gasteiger partial charge in [0.05, 0.1) is 11.1 Å². The molecule has 19 heavy (non-hydrogen) atoms. The number of aromatic nitrogens is 1. The summed E-state index contributed by atoms with van der Waals surface area (Å²) in [6.07, 6.45) is 0. The van der Waals surface area contributed by atoms with Crippen LogP contribution in [0.3, 0.4) is 0 Å². The molecule has 0 spiro atoms. The van der Waals surface area contributed by atoms with Gasteiger partial charge in [-0.2, -0.15) is 0 Å². The van der Waals surface area contributed by atoms with Crippen LogP contribution in [0.15, 0.2) is 18.2 Å². The molecule has 0 aliphatic rings. The zero-order chi connectivity index (χ0) is 14.3. The Morgan fingerprint density at radius 1 is 1.26 bits per heavy atom. The summed E-state index contributed by atoms with van der Waals surface area (Å²) in [6, 6.07) is 5.29. The van der Waals surface area contributed by atoms with Gasteiger partial charge in [0.25, 0.3) is 0 Å². The van der Waals surface area contributed by atoms with Crippen molar-refractivity contribution in [2.45, 2.75) is 33.7 Å². The van der Waals surface area contributed by atoms with Gasteiger partial charge in [-0.05, 0) is 39.8 Å². The summed E-state index contributed by atoms with van der Waals surface area (Å²) in [5.74, 6) is -1.11. The third kappa shape index (κ3) is 1.93. The number of ketones is 1. The molecule has 1 aromatic carbocycles. The van der Waals surface area contributed by atoms with E-state index in [1.165, 1.54) is 6.92 Å². The largest absolute Gasteiger partial charge is 0.478 e. The Bertz CT molecular complexity index is 680. The third-order valence-electron chi connectivity index (χ3n) is 3.37. The Kier molecular flexibility index (Phi) is 3.18. The fourth-order valence-electron chi connectivity index (χ4n) is 2.76. The number of benzene rings is 1. The van der Waals surface area contributed by atoms with E-state index in [1.54, 1.807) is 12.1 Å². The number of carboxylic acids is 1. The van der Waals surface area contributed by atoms with Crippen molar-refractivity contribution in [1.82, 2.24) is 4.57 Å². The highest BCUT2D eigenvalue weighted by atomic mass is 16.4. The van der Waals surface area contributed by atoms with Crippen LogP contribution in [0, 0.1) is 6.92 Å². The Morgan fingerprint density at radius 3 is 2.37 bits per heavy atom. The van der Waals surface area contributed by atoms with E-state index in [-0.39, 0.29) is 17.4 Å². The minimum Gasteiger partial charge on any atom is -0.478 e. The van der Waals surface area contributed by atoms with Crippen LogP contribution in [0.4, 0.5) is 0 Å². The molecule has 0 aliphatic carbocycles. The van der Waals surface area contributed by atoms with Gasteiger partial charge in [0.1, 0.15) is 0 Å². The van der Waals surface area contributed by atoms with Gasteiger partial charge in [0.2, 0.25) is 0 Å². The van der Waals surface area contributed by atoms with Gasteiger partial charge in [-0.3, -0.25) is 4.79 Å². The van der Waals surface area contributed by atoms with E-state index in [9.17, 15) is 14.7 Å². The van der Waals surface area contributed by atoms with Crippen LogP contribution < -0.4 is 0 Å². The van der Waals surface area contributed by atoms with Crippen molar-refractivity contribution in [2.24, 2.45) is 0 Å². The van der Waals surface area contributed by atoms with E-state index in [4.69, 9.17) is 0 Å². The number of carbonyl (C=O) groups is 2. The van der Waals surface area contributed by atoms with E-state index in [0.717, 1.165) is 11.2 Å². The smallest absolute Gasteiger partial charge is 0.336 e. The molecule has 0 unspecified atom stereocenters. The Labute approximate surface area is 111 Å². The predicted molar refractivity (Wildman–Crippen MR) is 74.0 cm³/mol. The number of rotatable bonds is 3. The normalized spacial score (nSPS) is 11.2. The maximum atomic E-state index is 11.9. The van der Waals surface area contributed by atoms with Crippen LogP contribution in [0.5, 0.6) is 0 Å². The molecule has 1 heterocycles. The minimum absolute atomic E-state index is 0.101. The zero-order valence-corrected chi connectivity index (χ0v) is 11.5. The molecule has 0 amide bonds. The van der Waals surface area contributed by atoms with Crippen LogP contribution in [-0.2, 0) is 0 Å². The molecule has 0 radical (unpaired) electrons. The lowest BCUT2D eigenvalue weighted by Crippen LogP contribution is -2.04. The number of fused-ring (bicyclic) bond motifs is 1. The van der Waals surface area contributed by atoms with Crippen molar-refractivity contribution >= 4 is 22.7 Å². The third-order valence-corrected chi connectivity index (χ3v) is 3.37. The quantitative estimate of drug-likeness (QED) is 0.859. The summed E-state index contributed by atoms with van der Waals surface area (Å²) in [5, 5.41) is 9.86. The lowest BCUT2D eigenvalue weighted by molar-refractivity contribution is 0.0699. The number of hydrogen-bond acceptors (Lipinski definition) is 2. The van der Waals surface area contributed by atoms with Gasteiger partial charge in [-0.1, -0.05) is 6.07 Å². The lowest BCUT2D eigenvalue weighted by atomic mass is 10.0. The Hall–Kier alpha value is -2.10. The van der Waals surface area contributed by atoms with E-state index < -0.39 is 5.97 Å². The molecular weight excluding hydrogens is 242 g/mol. The SMILES string of the molecule is CC(=O)c1c(C)n(C(C)C)c2cccc(C(=O)O)c12. The molecule has 1 N–H and O–H groups in total. The second kappa shape index (κ2) is 4.53. The first kappa shape index (κ1) is 13.3.